The van der Waals surface area contributed by atoms with Crippen LogP contribution in [0.15, 0.2) is 4.52 Å². The van der Waals surface area contributed by atoms with Gasteiger partial charge in [-0.15, -0.1) is 0 Å². The molecular formula is C13H20N4O3. The number of piperazine rings is 1. The van der Waals surface area contributed by atoms with Crippen molar-refractivity contribution in [3.05, 3.63) is 11.7 Å². The molecule has 1 aromatic rings. The van der Waals surface area contributed by atoms with E-state index in [4.69, 9.17) is 9.26 Å². The molecule has 1 atom stereocenters. The van der Waals surface area contributed by atoms with Crippen LogP contribution in [-0.2, 0) is 15.1 Å². The van der Waals surface area contributed by atoms with E-state index in [1.54, 1.807) is 0 Å². The first-order valence-electron chi connectivity index (χ1n) is 7.21. The molecule has 0 spiro atoms. The van der Waals surface area contributed by atoms with Crippen LogP contribution >= 0.6 is 0 Å². The van der Waals surface area contributed by atoms with Crippen molar-refractivity contribution < 1.29 is 14.1 Å². The molecule has 7 nitrogen and oxygen atoms in total. The van der Waals surface area contributed by atoms with Crippen molar-refractivity contribution in [2.24, 2.45) is 0 Å². The summed E-state index contributed by atoms with van der Waals surface area (Å²) < 4.78 is 11.3. The van der Waals surface area contributed by atoms with E-state index in [-0.39, 0.29) is 24.1 Å². The second kappa shape index (κ2) is 5.49. The lowest BCUT2D eigenvalue weighted by molar-refractivity contribution is -0.121. The van der Waals surface area contributed by atoms with Gasteiger partial charge in [-0.1, -0.05) is 5.16 Å². The Balaban J connectivity index is 1.77. The molecule has 20 heavy (non-hydrogen) atoms. The van der Waals surface area contributed by atoms with Crippen molar-refractivity contribution in [2.75, 3.05) is 19.7 Å². The first-order chi connectivity index (χ1) is 9.73. The van der Waals surface area contributed by atoms with Crippen LogP contribution in [0.1, 0.15) is 50.4 Å². The van der Waals surface area contributed by atoms with Gasteiger partial charge in [-0.25, -0.2) is 0 Å². The molecule has 2 aliphatic rings. The van der Waals surface area contributed by atoms with Gasteiger partial charge in [0.15, 0.2) is 0 Å². The maximum atomic E-state index is 11.1. The molecule has 110 valence electrons. The summed E-state index contributed by atoms with van der Waals surface area (Å²) in [6, 6.07) is -0.117. The molecule has 1 aromatic heterocycles. The number of amides is 1. The van der Waals surface area contributed by atoms with Crippen LogP contribution in [0, 0.1) is 0 Å². The fraction of sp³-hybridized carbons (Fsp3) is 0.769. The minimum atomic E-state index is -0.381. The number of hydrogen-bond acceptors (Lipinski definition) is 6. The van der Waals surface area contributed by atoms with E-state index < -0.39 is 0 Å². The van der Waals surface area contributed by atoms with Crippen LogP contribution in [0.5, 0.6) is 0 Å². The zero-order valence-corrected chi connectivity index (χ0v) is 11.6. The third kappa shape index (κ3) is 2.43. The molecule has 1 aliphatic heterocycles. The first-order valence-corrected chi connectivity index (χ1v) is 7.21. The van der Waals surface area contributed by atoms with Crippen LogP contribution in [-0.4, -0.2) is 35.7 Å². The monoisotopic (exact) mass is 280 g/mol. The predicted octanol–water partition coefficient (Wildman–Crippen LogP) is 0.636. The summed E-state index contributed by atoms with van der Waals surface area (Å²) in [5.41, 5.74) is -0.381. The number of nitrogens with one attached hydrogen (secondary N) is 2. The third-order valence-corrected chi connectivity index (χ3v) is 3.99. The molecule has 3 rings (SSSR count). The van der Waals surface area contributed by atoms with Gasteiger partial charge in [0.25, 0.3) is 0 Å². The third-order valence-electron chi connectivity index (χ3n) is 3.99. The highest BCUT2D eigenvalue weighted by Crippen LogP contribution is 2.40. The van der Waals surface area contributed by atoms with Crippen molar-refractivity contribution in [1.82, 2.24) is 20.8 Å². The maximum Gasteiger partial charge on any atom is 0.245 e. The Morgan fingerprint density at radius 2 is 2.25 bits per heavy atom. The van der Waals surface area contributed by atoms with Crippen molar-refractivity contribution >= 4 is 5.91 Å². The standard InChI is InChI=1S/C13H20N4O3/c1-2-19-13(5-3-4-6-13)12-16-11(20-17-12)9-7-15-10(18)8-14-9/h9,14H,2-8H2,1H3,(H,15,18). The lowest BCUT2D eigenvalue weighted by Crippen LogP contribution is -2.47. The van der Waals surface area contributed by atoms with Gasteiger partial charge in [-0.3, -0.25) is 10.1 Å². The summed E-state index contributed by atoms with van der Waals surface area (Å²) in [5.74, 6) is 1.15. The average Bonchev–Trinajstić information content (AvgIpc) is 3.09. The minimum Gasteiger partial charge on any atom is -0.367 e. The van der Waals surface area contributed by atoms with Gasteiger partial charge >= 0.3 is 0 Å². The molecule has 1 aliphatic carbocycles. The Labute approximate surface area is 117 Å². The molecule has 2 heterocycles. The largest absolute Gasteiger partial charge is 0.367 e. The molecule has 2 N–H and O–H groups in total. The Hall–Kier alpha value is -1.47. The van der Waals surface area contributed by atoms with Gasteiger partial charge in [0, 0.05) is 13.2 Å². The average molecular weight is 280 g/mol. The number of hydrogen-bond donors (Lipinski definition) is 2. The van der Waals surface area contributed by atoms with Gasteiger partial charge in [0.1, 0.15) is 11.6 Å². The molecule has 1 saturated heterocycles. The number of carbonyl (C=O) groups excluding carboxylic acids is 1. The highest BCUT2D eigenvalue weighted by molar-refractivity contribution is 5.78. The fourth-order valence-electron chi connectivity index (χ4n) is 2.96. The smallest absolute Gasteiger partial charge is 0.245 e. The summed E-state index contributed by atoms with van der Waals surface area (Å²) >= 11 is 0. The molecule has 0 aromatic carbocycles. The summed E-state index contributed by atoms with van der Waals surface area (Å²) in [5, 5.41) is 9.99. The van der Waals surface area contributed by atoms with Gasteiger partial charge in [0.2, 0.25) is 17.6 Å². The van der Waals surface area contributed by atoms with Crippen molar-refractivity contribution in [3.8, 4) is 0 Å². The molecule has 7 heteroatoms. The fourth-order valence-corrected chi connectivity index (χ4v) is 2.96. The maximum absolute atomic E-state index is 11.1. The molecule has 1 saturated carbocycles. The van der Waals surface area contributed by atoms with E-state index in [1.807, 2.05) is 6.92 Å². The van der Waals surface area contributed by atoms with Gasteiger partial charge in [0.05, 0.1) is 6.54 Å². The van der Waals surface area contributed by atoms with E-state index in [9.17, 15) is 4.79 Å². The Morgan fingerprint density at radius 3 is 2.90 bits per heavy atom. The molecule has 0 bridgehead atoms. The van der Waals surface area contributed by atoms with E-state index in [1.165, 1.54) is 0 Å². The highest BCUT2D eigenvalue weighted by atomic mass is 16.5. The molecule has 0 radical (unpaired) electrons. The molecule has 2 fully saturated rings. The number of aromatic nitrogens is 2. The van der Waals surface area contributed by atoms with Crippen molar-refractivity contribution in [3.63, 3.8) is 0 Å². The highest BCUT2D eigenvalue weighted by Gasteiger charge is 2.41. The summed E-state index contributed by atoms with van der Waals surface area (Å²) in [4.78, 5) is 15.6. The normalized spacial score (nSPS) is 25.6. The van der Waals surface area contributed by atoms with Crippen molar-refractivity contribution in [2.45, 2.75) is 44.2 Å². The Bertz CT molecular complexity index is 472. The first kappa shape index (κ1) is 13.5. The molecule has 1 amide bonds. The van der Waals surface area contributed by atoms with Crippen LogP contribution in [0.3, 0.4) is 0 Å². The second-order valence-corrected chi connectivity index (χ2v) is 5.33. The summed E-state index contributed by atoms with van der Waals surface area (Å²) in [6.45, 7) is 3.38. The van der Waals surface area contributed by atoms with E-state index in [0.29, 0.717) is 24.9 Å². The minimum absolute atomic E-state index is 0.0115. The quantitative estimate of drug-likeness (QED) is 0.841. The van der Waals surface area contributed by atoms with E-state index >= 15 is 0 Å². The SMILES string of the molecule is CCOC1(c2noc(C3CNC(=O)CN3)n2)CCCC1. The van der Waals surface area contributed by atoms with Crippen LogP contribution < -0.4 is 10.6 Å². The topological polar surface area (TPSA) is 89.3 Å². The van der Waals surface area contributed by atoms with E-state index in [0.717, 1.165) is 25.7 Å². The predicted molar refractivity (Wildman–Crippen MR) is 69.8 cm³/mol. The lowest BCUT2D eigenvalue weighted by Gasteiger charge is -2.25. The number of ether oxygens (including phenoxy) is 1. The summed E-state index contributed by atoms with van der Waals surface area (Å²) in [6.07, 6.45) is 4.13. The van der Waals surface area contributed by atoms with Crippen LogP contribution in [0.25, 0.3) is 0 Å². The summed E-state index contributed by atoms with van der Waals surface area (Å²) in [7, 11) is 0. The van der Waals surface area contributed by atoms with Gasteiger partial charge < -0.3 is 14.6 Å². The lowest BCUT2D eigenvalue weighted by atomic mass is 10.0. The van der Waals surface area contributed by atoms with Crippen LogP contribution in [0.4, 0.5) is 0 Å². The Kier molecular flexibility index (Phi) is 3.71. The number of nitrogens with zero attached hydrogens (tertiary/aromatic N) is 2. The molecular weight excluding hydrogens is 260 g/mol. The van der Waals surface area contributed by atoms with Crippen LogP contribution in [0.2, 0.25) is 0 Å². The molecule has 1 unspecified atom stereocenters. The van der Waals surface area contributed by atoms with Gasteiger partial charge in [-0.05, 0) is 32.6 Å². The van der Waals surface area contributed by atoms with Gasteiger partial charge in [-0.2, -0.15) is 4.98 Å². The zero-order chi connectivity index (χ0) is 14.0. The Morgan fingerprint density at radius 1 is 1.45 bits per heavy atom. The number of rotatable bonds is 4. The van der Waals surface area contributed by atoms with Crippen molar-refractivity contribution in [1.29, 1.82) is 0 Å². The second-order valence-electron chi connectivity index (χ2n) is 5.33. The van der Waals surface area contributed by atoms with E-state index in [2.05, 4.69) is 20.8 Å². The number of carbonyl (C=O) groups is 1. The zero-order valence-electron chi connectivity index (χ0n) is 11.6.